The van der Waals surface area contributed by atoms with Crippen LogP contribution in [0, 0.1) is 0 Å². The first-order valence-electron chi connectivity index (χ1n) is 3.47. The van der Waals surface area contributed by atoms with E-state index in [0.717, 1.165) is 0 Å². The Balaban J connectivity index is 0. The van der Waals surface area contributed by atoms with Crippen LogP contribution in [0.3, 0.4) is 0 Å². The van der Waals surface area contributed by atoms with Gasteiger partial charge in [0.25, 0.3) is 0 Å². The standard InChI is InChI=1S/C5H11NO.C2H6/c1-3-5(7)4-6-2;1-2/h6H,3-4H2,1-2H3;1-2H3. The smallest absolute Gasteiger partial charge is 0.146 e. The minimum Gasteiger partial charge on any atom is -0.313 e. The molecule has 0 heterocycles. The van der Waals surface area contributed by atoms with Crippen LogP contribution >= 0.6 is 0 Å². The van der Waals surface area contributed by atoms with Gasteiger partial charge in [-0.2, -0.15) is 0 Å². The molecular weight excluding hydrogens is 114 g/mol. The highest BCUT2D eigenvalue weighted by Gasteiger charge is 1.90. The molecule has 0 aromatic rings. The lowest BCUT2D eigenvalue weighted by molar-refractivity contribution is -0.117. The molecule has 0 rings (SSSR count). The fourth-order valence-corrected chi connectivity index (χ4v) is 0.322. The number of Topliss-reactive ketones (excluding diaryl/α,β-unsaturated/α-hetero) is 1. The lowest BCUT2D eigenvalue weighted by Crippen LogP contribution is -2.16. The van der Waals surface area contributed by atoms with E-state index >= 15 is 0 Å². The first kappa shape index (κ1) is 11.4. The molecule has 9 heavy (non-hydrogen) atoms. The number of hydrogen-bond donors (Lipinski definition) is 1. The molecule has 0 aliphatic rings. The molecule has 0 saturated carbocycles. The minimum atomic E-state index is 0.266. The summed E-state index contributed by atoms with van der Waals surface area (Å²) in [7, 11) is 1.77. The summed E-state index contributed by atoms with van der Waals surface area (Å²) in [5.74, 6) is 0.266. The van der Waals surface area contributed by atoms with Gasteiger partial charge in [-0.3, -0.25) is 4.79 Å². The number of hydrogen-bond acceptors (Lipinski definition) is 2. The maximum absolute atomic E-state index is 10.3. The summed E-state index contributed by atoms with van der Waals surface area (Å²) in [6.07, 6.45) is 0.640. The van der Waals surface area contributed by atoms with Gasteiger partial charge >= 0.3 is 0 Å². The van der Waals surface area contributed by atoms with Gasteiger partial charge in [0, 0.05) is 6.42 Å². The van der Waals surface area contributed by atoms with Gasteiger partial charge in [0.1, 0.15) is 5.78 Å². The maximum Gasteiger partial charge on any atom is 0.146 e. The van der Waals surface area contributed by atoms with E-state index in [2.05, 4.69) is 5.32 Å². The van der Waals surface area contributed by atoms with E-state index in [4.69, 9.17) is 0 Å². The number of rotatable bonds is 3. The van der Waals surface area contributed by atoms with Crippen LogP contribution in [0.5, 0.6) is 0 Å². The van der Waals surface area contributed by atoms with Crippen LogP contribution < -0.4 is 5.32 Å². The molecule has 2 heteroatoms. The van der Waals surface area contributed by atoms with Crippen LogP contribution in [0.25, 0.3) is 0 Å². The molecule has 2 nitrogen and oxygen atoms in total. The number of ketones is 1. The van der Waals surface area contributed by atoms with Gasteiger partial charge in [-0.05, 0) is 7.05 Å². The van der Waals surface area contributed by atoms with E-state index in [1.54, 1.807) is 7.05 Å². The average Bonchev–Trinajstić information content (AvgIpc) is 1.93. The fourth-order valence-electron chi connectivity index (χ4n) is 0.322. The molecule has 0 bridgehead atoms. The van der Waals surface area contributed by atoms with Gasteiger partial charge in [-0.15, -0.1) is 0 Å². The molecule has 0 saturated heterocycles. The van der Waals surface area contributed by atoms with Gasteiger partial charge in [-0.25, -0.2) is 0 Å². The average molecular weight is 131 g/mol. The summed E-state index contributed by atoms with van der Waals surface area (Å²) in [4.78, 5) is 10.3. The third-order valence-electron chi connectivity index (χ3n) is 0.768. The molecular formula is C7H17NO. The second-order valence-corrected chi connectivity index (χ2v) is 1.42. The molecule has 0 fully saturated rings. The SMILES string of the molecule is CC.CCC(=O)CNC. The third-order valence-corrected chi connectivity index (χ3v) is 0.768. The number of nitrogens with one attached hydrogen (secondary N) is 1. The molecule has 56 valence electrons. The topological polar surface area (TPSA) is 29.1 Å². The van der Waals surface area contributed by atoms with E-state index in [-0.39, 0.29) is 5.78 Å². The van der Waals surface area contributed by atoms with E-state index in [1.165, 1.54) is 0 Å². The Morgan fingerprint density at radius 1 is 1.44 bits per heavy atom. The van der Waals surface area contributed by atoms with Gasteiger partial charge in [-0.1, -0.05) is 20.8 Å². The Bertz CT molecular complexity index is 61.9. The molecule has 0 atom stereocenters. The summed E-state index contributed by atoms with van der Waals surface area (Å²) in [5, 5.41) is 2.77. The van der Waals surface area contributed by atoms with E-state index in [1.807, 2.05) is 20.8 Å². The van der Waals surface area contributed by atoms with E-state index in [0.29, 0.717) is 13.0 Å². The summed E-state index contributed by atoms with van der Waals surface area (Å²) in [5.41, 5.74) is 0. The first-order chi connectivity index (χ1) is 4.31. The molecule has 0 aromatic heterocycles. The summed E-state index contributed by atoms with van der Waals surface area (Å²) in [6, 6.07) is 0. The van der Waals surface area contributed by atoms with Crippen LogP contribution in [0.15, 0.2) is 0 Å². The minimum absolute atomic E-state index is 0.266. The van der Waals surface area contributed by atoms with E-state index in [9.17, 15) is 4.79 Å². The first-order valence-corrected chi connectivity index (χ1v) is 3.47. The van der Waals surface area contributed by atoms with Crippen molar-refractivity contribution in [1.29, 1.82) is 0 Å². The van der Waals surface area contributed by atoms with Crippen LogP contribution in [0.2, 0.25) is 0 Å². The van der Waals surface area contributed by atoms with Crippen molar-refractivity contribution in [3.05, 3.63) is 0 Å². The van der Waals surface area contributed by atoms with Crippen LogP contribution in [-0.2, 0) is 4.79 Å². The molecule has 0 aliphatic heterocycles. The number of likely N-dealkylation sites (N-methyl/N-ethyl adjacent to an activating group) is 1. The van der Waals surface area contributed by atoms with Crippen LogP contribution in [-0.4, -0.2) is 19.4 Å². The van der Waals surface area contributed by atoms with Crippen LogP contribution in [0.1, 0.15) is 27.2 Å². The Labute approximate surface area is 57.6 Å². The predicted octanol–water partition coefficient (Wildman–Crippen LogP) is 1.21. The highest BCUT2D eigenvalue weighted by molar-refractivity contribution is 5.79. The highest BCUT2D eigenvalue weighted by Crippen LogP contribution is 1.74. The number of carbonyl (C=O) groups is 1. The summed E-state index contributed by atoms with van der Waals surface area (Å²) in [6.45, 7) is 6.37. The summed E-state index contributed by atoms with van der Waals surface area (Å²) < 4.78 is 0. The normalized spacial score (nSPS) is 7.56. The molecule has 0 aliphatic carbocycles. The van der Waals surface area contributed by atoms with Crippen molar-refractivity contribution >= 4 is 5.78 Å². The molecule has 0 aromatic carbocycles. The van der Waals surface area contributed by atoms with Gasteiger partial charge < -0.3 is 5.32 Å². The Morgan fingerprint density at radius 2 is 1.89 bits per heavy atom. The van der Waals surface area contributed by atoms with Crippen molar-refractivity contribution in [2.75, 3.05) is 13.6 Å². The van der Waals surface area contributed by atoms with E-state index < -0.39 is 0 Å². The van der Waals surface area contributed by atoms with Gasteiger partial charge in [0.2, 0.25) is 0 Å². The largest absolute Gasteiger partial charge is 0.313 e. The molecule has 0 unspecified atom stereocenters. The monoisotopic (exact) mass is 131 g/mol. The lowest BCUT2D eigenvalue weighted by Gasteiger charge is -1.90. The molecule has 1 N–H and O–H groups in total. The number of carbonyl (C=O) groups excluding carboxylic acids is 1. The molecule has 0 amide bonds. The van der Waals surface area contributed by atoms with Crippen LogP contribution in [0.4, 0.5) is 0 Å². The Kier molecular flexibility index (Phi) is 13.4. The fraction of sp³-hybridized carbons (Fsp3) is 0.857. The summed E-state index contributed by atoms with van der Waals surface area (Å²) >= 11 is 0. The maximum atomic E-state index is 10.3. The Morgan fingerprint density at radius 3 is 2.00 bits per heavy atom. The zero-order chi connectivity index (χ0) is 7.70. The van der Waals surface area contributed by atoms with Crippen molar-refractivity contribution in [2.45, 2.75) is 27.2 Å². The third kappa shape index (κ3) is 11.3. The van der Waals surface area contributed by atoms with Crippen molar-refractivity contribution < 1.29 is 4.79 Å². The van der Waals surface area contributed by atoms with Crippen molar-refractivity contribution in [3.63, 3.8) is 0 Å². The van der Waals surface area contributed by atoms with Gasteiger partial charge in [0.05, 0.1) is 6.54 Å². The second kappa shape index (κ2) is 10.6. The Hall–Kier alpha value is -0.370. The second-order valence-electron chi connectivity index (χ2n) is 1.42. The zero-order valence-corrected chi connectivity index (χ0v) is 6.82. The highest BCUT2D eigenvalue weighted by atomic mass is 16.1. The van der Waals surface area contributed by atoms with Crippen molar-refractivity contribution in [3.8, 4) is 0 Å². The van der Waals surface area contributed by atoms with Crippen molar-refractivity contribution in [1.82, 2.24) is 5.32 Å². The van der Waals surface area contributed by atoms with Gasteiger partial charge in [0.15, 0.2) is 0 Å². The zero-order valence-electron chi connectivity index (χ0n) is 6.82. The lowest BCUT2D eigenvalue weighted by atomic mass is 10.3. The quantitative estimate of drug-likeness (QED) is 0.623. The predicted molar refractivity (Wildman–Crippen MR) is 40.6 cm³/mol. The molecule has 0 radical (unpaired) electrons. The van der Waals surface area contributed by atoms with Crippen molar-refractivity contribution in [2.24, 2.45) is 0 Å². The molecule has 0 spiro atoms.